The first kappa shape index (κ1) is 11.8. The fourth-order valence-electron chi connectivity index (χ4n) is 1.94. The van der Waals surface area contributed by atoms with Gasteiger partial charge in [-0.25, -0.2) is 0 Å². The summed E-state index contributed by atoms with van der Waals surface area (Å²) in [4.78, 5) is 1.09. The van der Waals surface area contributed by atoms with Crippen molar-refractivity contribution in [2.45, 2.75) is 19.4 Å². The molecule has 0 aliphatic heterocycles. The maximum Gasteiger partial charge on any atom is 0.113 e. The number of hydrogen-bond acceptors (Lipinski definition) is 3. The van der Waals surface area contributed by atoms with Crippen molar-refractivity contribution < 1.29 is 5.11 Å². The van der Waals surface area contributed by atoms with Crippen LogP contribution in [0.5, 0.6) is 0 Å². The molecule has 0 radical (unpaired) electrons. The van der Waals surface area contributed by atoms with Gasteiger partial charge in [-0.15, -0.1) is 11.3 Å². The second-order valence-corrected chi connectivity index (χ2v) is 5.28. The fourth-order valence-corrected chi connectivity index (χ4v) is 2.74. The monoisotopic (exact) mass is 243 g/mol. The van der Waals surface area contributed by atoms with Gasteiger partial charge in [-0.05, 0) is 43.0 Å². The predicted octanol–water partition coefficient (Wildman–Crippen LogP) is 3.18. The third-order valence-electron chi connectivity index (χ3n) is 2.94. The van der Waals surface area contributed by atoms with Crippen LogP contribution in [0.4, 0.5) is 0 Å². The summed E-state index contributed by atoms with van der Waals surface area (Å²) in [6, 6.07) is 11.1. The first-order chi connectivity index (χ1) is 8.05. The van der Waals surface area contributed by atoms with Crippen LogP contribution in [-0.4, -0.2) is 5.11 Å². The van der Waals surface area contributed by atoms with Crippen LogP contribution >= 0.6 is 11.3 Å². The molecule has 0 aliphatic carbocycles. The molecule has 1 aromatic carbocycles. The molecule has 1 aromatic heterocycles. The van der Waals surface area contributed by atoms with Gasteiger partial charge in [-0.1, -0.05) is 12.1 Å². The Hall–Kier alpha value is -1.63. The number of hydrogen-bond donors (Lipinski definition) is 1. The van der Waals surface area contributed by atoms with E-state index in [0.29, 0.717) is 5.56 Å². The number of nitrogens with zero attached hydrogens (tertiary/aromatic N) is 1. The first-order valence-electron chi connectivity index (χ1n) is 5.33. The Kier molecular flexibility index (Phi) is 3.01. The summed E-state index contributed by atoms with van der Waals surface area (Å²) in [6.45, 7) is 3.75. The molecule has 17 heavy (non-hydrogen) atoms. The molecule has 0 bridgehead atoms. The Morgan fingerprint density at radius 2 is 2.12 bits per heavy atom. The summed E-state index contributed by atoms with van der Waals surface area (Å²) in [7, 11) is 0. The minimum absolute atomic E-state index is 0.565. The van der Waals surface area contributed by atoms with Crippen molar-refractivity contribution in [3.8, 4) is 6.07 Å². The molecular weight excluding hydrogens is 230 g/mol. The van der Waals surface area contributed by atoms with Gasteiger partial charge in [-0.3, -0.25) is 0 Å². The average Bonchev–Trinajstić information content (AvgIpc) is 2.76. The molecular formula is C14H13NOS. The van der Waals surface area contributed by atoms with E-state index in [9.17, 15) is 5.11 Å². The van der Waals surface area contributed by atoms with Crippen LogP contribution in [0.15, 0.2) is 35.7 Å². The highest BCUT2D eigenvalue weighted by atomic mass is 32.1. The van der Waals surface area contributed by atoms with Crippen molar-refractivity contribution in [2.75, 3.05) is 0 Å². The zero-order valence-electron chi connectivity index (χ0n) is 9.77. The van der Waals surface area contributed by atoms with Crippen LogP contribution in [-0.2, 0) is 5.60 Å². The van der Waals surface area contributed by atoms with Crippen LogP contribution in [0.25, 0.3) is 0 Å². The van der Waals surface area contributed by atoms with Crippen LogP contribution in [0.2, 0.25) is 0 Å². The van der Waals surface area contributed by atoms with Gasteiger partial charge in [0.25, 0.3) is 0 Å². The van der Waals surface area contributed by atoms with Crippen molar-refractivity contribution in [1.29, 1.82) is 5.26 Å². The van der Waals surface area contributed by atoms with Crippen molar-refractivity contribution in [1.82, 2.24) is 0 Å². The second-order valence-electron chi connectivity index (χ2n) is 4.16. The Morgan fingerprint density at radius 3 is 2.71 bits per heavy atom. The summed E-state index contributed by atoms with van der Waals surface area (Å²) in [5.74, 6) is 0. The topological polar surface area (TPSA) is 44.0 Å². The Balaban J connectivity index is 2.52. The SMILES string of the molecule is Cc1sccc1C(C)(O)c1cccc(C#N)c1. The van der Waals surface area contributed by atoms with Gasteiger partial charge < -0.3 is 5.11 Å². The predicted molar refractivity (Wildman–Crippen MR) is 68.9 cm³/mol. The minimum atomic E-state index is -1.04. The van der Waals surface area contributed by atoms with E-state index >= 15 is 0 Å². The lowest BCUT2D eigenvalue weighted by molar-refractivity contribution is 0.102. The van der Waals surface area contributed by atoms with E-state index in [0.717, 1.165) is 16.0 Å². The molecule has 1 N–H and O–H groups in total. The second kappa shape index (κ2) is 4.33. The standard InChI is InChI=1S/C14H13NOS/c1-10-13(6-7-17-10)14(2,16)12-5-3-4-11(8-12)9-15/h3-8,16H,1-2H3. The van der Waals surface area contributed by atoms with Gasteiger partial charge in [0.2, 0.25) is 0 Å². The quantitative estimate of drug-likeness (QED) is 0.880. The van der Waals surface area contributed by atoms with Crippen molar-refractivity contribution >= 4 is 11.3 Å². The third-order valence-corrected chi connectivity index (χ3v) is 3.78. The largest absolute Gasteiger partial charge is 0.381 e. The summed E-state index contributed by atoms with van der Waals surface area (Å²) in [5, 5.41) is 21.5. The van der Waals surface area contributed by atoms with E-state index in [-0.39, 0.29) is 0 Å². The van der Waals surface area contributed by atoms with Crippen molar-refractivity contribution in [2.24, 2.45) is 0 Å². The number of nitriles is 1. The molecule has 2 nitrogen and oxygen atoms in total. The fraction of sp³-hybridized carbons (Fsp3) is 0.214. The van der Waals surface area contributed by atoms with Gasteiger partial charge in [0, 0.05) is 10.4 Å². The smallest absolute Gasteiger partial charge is 0.113 e. The van der Waals surface area contributed by atoms with E-state index in [1.165, 1.54) is 0 Å². The lowest BCUT2D eigenvalue weighted by atomic mass is 9.88. The van der Waals surface area contributed by atoms with Gasteiger partial charge >= 0.3 is 0 Å². The normalized spacial score (nSPS) is 14.0. The van der Waals surface area contributed by atoms with E-state index in [1.54, 1.807) is 36.5 Å². The highest BCUT2D eigenvalue weighted by Crippen LogP contribution is 2.33. The molecule has 1 heterocycles. The van der Waals surface area contributed by atoms with Crippen LogP contribution in [0.3, 0.4) is 0 Å². The molecule has 86 valence electrons. The third kappa shape index (κ3) is 2.10. The highest BCUT2D eigenvalue weighted by molar-refractivity contribution is 7.10. The Morgan fingerprint density at radius 1 is 1.35 bits per heavy atom. The summed E-state index contributed by atoms with van der Waals surface area (Å²) < 4.78 is 0. The lowest BCUT2D eigenvalue weighted by Crippen LogP contribution is -2.23. The zero-order valence-corrected chi connectivity index (χ0v) is 10.6. The molecule has 0 amide bonds. The first-order valence-corrected chi connectivity index (χ1v) is 6.21. The van der Waals surface area contributed by atoms with E-state index in [1.807, 2.05) is 24.4 Å². The van der Waals surface area contributed by atoms with Gasteiger partial charge in [0.05, 0.1) is 11.6 Å². The van der Waals surface area contributed by atoms with Crippen LogP contribution < -0.4 is 0 Å². The Labute approximate surface area is 105 Å². The number of rotatable bonds is 2. The highest BCUT2D eigenvalue weighted by Gasteiger charge is 2.28. The molecule has 1 unspecified atom stereocenters. The number of thiophene rings is 1. The van der Waals surface area contributed by atoms with Crippen LogP contribution in [0, 0.1) is 18.3 Å². The summed E-state index contributed by atoms with van der Waals surface area (Å²) >= 11 is 1.61. The number of aryl methyl sites for hydroxylation is 1. The van der Waals surface area contributed by atoms with Crippen LogP contribution in [0.1, 0.15) is 28.5 Å². The molecule has 3 heteroatoms. The van der Waals surface area contributed by atoms with Gasteiger partial charge in [-0.2, -0.15) is 5.26 Å². The maximum atomic E-state index is 10.6. The molecule has 2 aromatic rings. The number of aliphatic hydroxyl groups is 1. The molecule has 0 fully saturated rings. The lowest BCUT2D eigenvalue weighted by Gasteiger charge is -2.24. The molecule has 0 spiro atoms. The molecule has 0 saturated heterocycles. The van der Waals surface area contributed by atoms with E-state index in [4.69, 9.17) is 5.26 Å². The molecule has 1 atom stereocenters. The molecule has 0 aliphatic rings. The Bertz CT molecular complexity index is 578. The average molecular weight is 243 g/mol. The zero-order chi connectivity index (χ0) is 12.5. The molecule has 2 rings (SSSR count). The number of benzene rings is 1. The molecule has 0 saturated carbocycles. The van der Waals surface area contributed by atoms with Gasteiger partial charge in [0.15, 0.2) is 0 Å². The van der Waals surface area contributed by atoms with Crippen molar-refractivity contribution in [3.63, 3.8) is 0 Å². The maximum absolute atomic E-state index is 10.6. The summed E-state index contributed by atoms with van der Waals surface area (Å²) in [5.41, 5.74) is 1.17. The van der Waals surface area contributed by atoms with E-state index < -0.39 is 5.60 Å². The minimum Gasteiger partial charge on any atom is -0.381 e. The van der Waals surface area contributed by atoms with E-state index in [2.05, 4.69) is 6.07 Å². The van der Waals surface area contributed by atoms with Crippen molar-refractivity contribution in [3.05, 3.63) is 57.3 Å². The summed E-state index contributed by atoms with van der Waals surface area (Å²) in [6.07, 6.45) is 0. The van der Waals surface area contributed by atoms with Gasteiger partial charge in [0.1, 0.15) is 5.60 Å².